The molecule has 2 rings (SSSR count). The Hall–Kier alpha value is -1.58. The second-order valence-corrected chi connectivity index (χ2v) is 5.71. The van der Waals surface area contributed by atoms with E-state index in [1.54, 1.807) is 12.1 Å². The molecule has 3 unspecified atom stereocenters. The van der Waals surface area contributed by atoms with Crippen molar-refractivity contribution < 1.29 is 9.90 Å². The molecule has 1 aromatic rings. The zero-order chi connectivity index (χ0) is 14.0. The van der Waals surface area contributed by atoms with Gasteiger partial charge in [0.1, 0.15) is 5.82 Å². The molecule has 0 aromatic carbocycles. The lowest BCUT2D eigenvalue weighted by Crippen LogP contribution is -2.35. The summed E-state index contributed by atoms with van der Waals surface area (Å²) >= 11 is 0. The number of pyridine rings is 1. The molecule has 4 nitrogen and oxygen atoms in total. The third kappa shape index (κ3) is 3.25. The van der Waals surface area contributed by atoms with E-state index in [-0.39, 0.29) is 0 Å². The predicted octanol–water partition coefficient (Wildman–Crippen LogP) is 3.32. The van der Waals surface area contributed by atoms with Crippen LogP contribution in [-0.2, 0) is 0 Å². The van der Waals surface area contributed by atoms with Gasteiger partial charge >= 0.3 is 5.97 Å². The molecule has 1 saturated carbocycles. The van der Waals surface area contributed by atoms with Crippen molar-refractivity contribution in [3.05, 3.63) is 23.4 Å². The first-order valence-electron chi connectivity index (χ1n) is 6.96. The fourth-order valence-corrected chi connectivity index (χ4v) is 2.84. The van der Waals surface area contributed by atoms with Gasteiger partial charge in [0.05, 0.1) is 5.56 Å². The van der Waals surface area contributed by atoms with Gasteiger partial charge < -0.3 is 10.4 Å². The molecule has 0 aliphatic heterocycles. The first kappa shape index (κ1) is 13.8. The molecule has 1 aliphatic rings. The van der Waals surface area contributed by atoms with Crippen molar-refractivity contribution in [2.45, 2.75) is 46.1 Å². The number of anilines is 1. The predicted molar refractivity (Wildman–Crippen MR) is 75.5 cm³/mol. The van der Waals surface area contributed by atoms with Gasteiger partial charge in [0.25, 0.3) is 0 Å². The van der Waals surface area contributed by atoms with Crippen molar-refractivity contribution in [2.75, 3.05) is 5.32 Å². The summed E-state index contributed by atoms with van der Waals surface area (Å²) in [5.41, 5.74) is 1.03. The van der Waals surface area contributed by atoms with Crippen LogP contribution in [0.2, 0.25) is 0 Å². The summed E-state index contributed by atoms with van der Waals surface area (Å²) in [4.78, 5) is 15.5. The molecule has 19 heavy (non-hydrogen) atoms. The lowest BCUT2D eigenvalue weighted by molar-refractivity contribution is 0.0696. The molecule has 3 atom stereocenters. The number of carbonyl (C=O) groups is 1. The Morgan fingerprint density at radius 1 is 1.37 bits per heavy atom. The third-order valence-corrected chi connectivity index (χ3v) is 4.24. The fourth-order valence-electron chi connectivity index (χ4n) is 2.84. The van der Waals surface area contributed by atoms with Crippen LogP contribution in [0.3, 0.4) is 0 Å². The Labute approximate surface area is 114 Å². The van der Waals surface area contributed by atoms with Gasteiger partial charge in [-0.15, -0.1) is 0 Å². The summed E-state index contributed by atoms with van der Waals surface area (Å²) in [6.45, 7) is 6.37. The van der Waals surface area contributed by atoms with E-state index in [1.165, 1.54) is 12.8 Å². The lowest BCUT2D eigenvalue weighted by Gasteiger charge is -2.35. The molecule has 1 aliphatic carbocycles. The zero-order valence-corrected chi connectivity index (χ0v) is 11.8. The van der Waals surface area contributed by atoms with Crippen LogP contribution in [0.4, 0.5) is 5.82 Å². The number of aromatic nitrogens is 1. The van der Waals surface area contributed by atoms with Crippen LogP contribution in [-0.4, -0.2) is 22.1 Å². The quantitative estimate of drug-likeness (QED) is 0.877. The molecule has 1 aromatic heterocycles. The Bertz CT molecular complexity index is 473. The van der Waals surface area contributed by atoms with Gasteiger partial charge in [-0.1, -0.05) is 26.7 Å². The minimum atomic E-state index is -0.904. The average Bonchev–Trinajstić information content (AvgIpc) is 2.34. The molecule has 1 heterocycles. The monoisotopic (exact) mass is 262 g/mol. The summed E-state index contributed by atoms with van der Waals surface area (Å²) < 4.78 is 0. The number of hydrogen-bond acceptors (Lipinski definition) is 3. The number of hydrogen-bond donors (Lipinski definition) is 2. The summed E-state index contributed by atoms with van der Waals surface area (Å²) in [5.74, 6) is 1.07. The molecule has 0 amide bonds. The van der Waals surface area contributed by atoms with Gasteiger partial charge in [0, 0.05) is 11.7 Å². The van der Waals surface area contributed by atoms with Crippen molar-refractivity contribution in [1.82, 2.24) is 4.98 Å². The van der Waals surface area contributed by atoms with Crippen LogP contribution in [0.25, 0.3) is 0 Å². The maximum absolute atomic E-state index is 11.1. The van der Waals surface area contributed by atoms with E-state index in [4.69, 9.17) is 5.11 Å². The van der Waals surface area contributed by atoms with Gasteiger partial charge in [-0.2, -0.15) is 0 Å². The molecular weight excluding hydrogens is 240 g/mol. The van der Waals surface area contributed by atoms with Gasteiger partial charge in [0.2, 0.25) is 0 Å². The van der Waals surface area contributed by atoms with E-state index in [1.807, 2.05) is 6.92 Å². The molecule has 1 fully saturated rings. The molecule has 0 spiro atoms. The van der Waals surface area contributed by atoms with Crippen LogP contribution >= 0.6 is 0 Å². The van der Waals surface area contributed by atoms with E-state index >= 15 is 0 Å². The van der Waals surface area contributed by atoms with Crippen molar-refractivity contribution in [2.24, 2.45) is 11.8 Å². The summed E-state index contributed by atoms with van der Waals surface area (Å²) in [7, 11) is 0. The number of rotatable bonds is 3. The standard InChI is InChI=1S/C15H22N2O2/c1-9-5-4-6-13(11(9)3)17-14-8-12(15(18)19)7-10(2)16-14/h7-9,11,13H,4-6H2,1-3H3,(H,16,17)(H,18,19). The highest BCUT2D eigenvalue weighted by molar-refractivity contribution is 5.88. The summed E-state index contributed by atoms with van der Waals surface area (Å²) in [6.07, 6.45) is 3.63. The minimum Gasteiger partial charge on any atom is -0.478 e. The molecule has 104 valence electrons. The smallest absolute Gasteiger partial charge is 0.335 e. The number of nitrogens with zero attached hydrogens (tertiary/aromatic N) is 1. The molecule has 2 N–H and O–H groups in total. The van der Waals surface area contributed by atoms with Crippen LogP contribution in [0.5, 0.6) is 0 Å². The Morgan fingerprint density at radius 3 is 2.79 bits per heavy atom. The Morgan fingerprint density at radius 2 is 2.11 bits per heavy atom. The number of aromatic carboxylic acids is 1. The molecular formula is C15H22N2O2. The number of nitrogens with one attached hydrogen (secondary N) is 1. The van der Waals surface area contributed by atoms with Gasteiger partial charge in [-0.25, -0.2) is 9.78 Å². The number of aryl methyl sites for hydroxylation is 1. The van der Waals surface area contributed by atoms with Crippen molar-refractivity contribution in [3.8, 4) is 0 Å². The molecule has 4 heteroatoms. The van der Waals surface area contributed by atoms with E-state index in [2.05, 4.69) is 24.1 Å². The highest BCUT2D eigenvalue weighted by Crippen LogP contribution is 2.31. The number of carboxylic acid groups (broad SMARTS) is 1. The SMILES string of the molecule is Cc1cc(C(=O)O)cc(NC2CCCC(C)C2C)n1. The first-order chi connectivity index (χ1) is 8.97. The zero-order valence-electron chi connectivity index (χ0n) is 11.8. The van der Waals surface area contributed by atoms with E-state index in [9.17, 15) is 4.79 Å². The van der Waals surface area contributed by atoms with Crippen LogP contribution in [0, 0.1) is 18.8 Å². The molecule has 0 radical (unpaired) electrons. The summed E-state index contributed by atoms with van der Waals surface area (Å²) in [6, 6.07) is 3.61. The number of carboxylic acids is 1. The first-order valence-corrected chi connectivity index (χ1v) is 6.96. The average molecular weight is 262 g/mol. The second kappa shape index (κ2) is 5.59. The Kier molecular flexibility index (Phi) is 4.08. The van der Waals surface area contributed by atoms with Gasteiger partial charge in [-0.3, -0.25) is 0 Å². The van der Waals surface area contributed by atoms with Crippen LogP contribution < -0.4 is 5.32 Å². The van der Waals surface area contributed by atoms with Gasteiger partial charge in [0.15, 0.2) is 0 Å². The van der Waals surface area contributed by atoms with E-state index in [0.717, 1.165) is 12.1 Å². The molecule has 0 saturated heterocycles. The van der Waals surface area contributed by atoms with Gasteiger partial charge in [-0.05, 0) is 37.3 Å². The van der Waals surface area contributed by atoms with Crippen molar-refractivity contribution in [1.29, 1.82) is 0 Å². The fraction of sp³-hybridized carbons (Fsp3) is 0.600. The highest BCUT2D eigenvalue weighted by Gasteiger charge is 2.27. The van der Waals surface area contributed by atoms with E-state index in [0.29, 0.717) is 29.3 Å². The van der Waals surface area contributed by atoms with Crippen LogP contribution in [0.15, 0.2) is 12.1 Å². The summed E-state index contributed by atoms with van der Waals surface area (Å²) in [5, 5.41) is 12.5. The van der Waals surface area contributed by atoms with E-state index < -0.39 is 5.97 Å². The minimum absolute atomic E-state index is 0.298. The maximum atomic E-state index is 11.1. The normalized spacial score (nSPS) is 27.0. The topological polar surface area (TPSA) is 62.2 Å². The maximum Gasteiger partial charge on any atom is 0.335 e. The lowest BCUT2D eigenvalue weighted by atomic mass is 9.78. The van der Waals surface area contributed by atoms with Crippen molar-refractivity contribution in [3.63, 3.8) is 0 Å². The molecule has 0 bridgehead atoms. The third-order valence-electron chi connectivity index (χ3n) is 4.24. The second-order valence-electron chi connectivity index (χ2n) is 5.71. The highest BCUT2D eigenvalue weighted by atomic mass is 16.4. The largest absolute Gasteiger partial charge is 0.478 e. The Balaban J connectivity index is 2.16. The van der Waals surface area contributed by atoms with Crippen LogP contribution in [0.1, 0.15) is 49.2 Å². The van der Waals surface area contributed by atoms with Crippen molar-refractivity contribution >= 4 is 11.8 Å².